The second-order valence-corrected chi connectivity index (χ2v) is 23.3. The number of Topliss-reactive ketones (excluding diaryl/α,β-unsaturated/α-hetero) is 1. The normalized spacial score (nSPS) is 46.9. The summed E-state index contributed by atoms with van der Waals surface area (Å²) in [5.41, 5.74) is 0.924. The quantitative estimate of drug-likeness (QED) is 0.148. The second-order valence-electron chi connectivity index (χ2n) is 23.3. The maximum atomic E-state index is 13.3. The summed E-state index contributed by atoms with van der Waals surface area (Å²) in [6.45, 7) is 14.2. The van der Waals surface area contributed by atoms with E-state index in [1.165, 1.54) is 32.1 Å². The van der Waals surface area contributed by atoms with Crippen molar-refractivity contribution in [1.82, 2.24) is 9.97 Å². The molecule has 8 saturated carbocycles. The topological polar surface area (TPSA) is 181 Å². The Hall–Kier alpha value is -2.30. The zero-order chi connectivity index (χ0) is 44.1. The number of carbonyl (C=O) groups excluding carboxylic acids is 1. The lowest BCUT2D eigenvalue weighted by Crippen LogP contribution is -2.58. The summed E-state index contributed by atoms with van der Waals surface area (Å²) in [7, 11) is 0. The smallest absolute Gasteiger partial charge is 0.303 e. The van der Waals surface area contributed by atoms with E-state index in [9.17, 15) is 29.7 Å². The van der Waals surface area contributed by atoms with E-state index in [4.69, 9.17) is 10.2 Å². The minimum atomic E-state index is -0.698. The van der Waals surface area contributed by atoms with Crippen molar-refractivity contribution in [3.63, 3.8) is 0 Å². The van der Waals surface area contributed by atoms with Gasteiger partial charge in [0.05, 0.1) is 24.6 Å². The van der Waals surface area contributed by atoms with Crippen LogP contribution in [0.5, 0.6) is 0 Å². The van der Waals surface area contributed by atoms with Gasteiger partial charge in [0.2, 0.25) is 0 Å². The molecule has 1 aromatic rings. The number of carbonyl (C=O) groups is 3. The molecule has 0 bridgehead atoms. The number of aliphatic hydroxyl groups excluding tert-OH is 3. The molecule has 10 nitrogen and oxygen atoms in total. The lowest BCUT2D eigenvalue weighted by atomic mass is 9.43. The number of carboxylic acids is 2. The Morgan fingerprint density at radius 2 is 1.15 bits per heavy atom. The van der Waals surface area contributed by atoms with E-state index >= 15 is 0 Å². The monoisotopic (exact) mass is 851 g/mol. The molecule has 0 aliphatic heterocycles. The predicted molar refractivity (Wildman–Crippen MR) is 235 cm³/mol. The molecule has 8 aliphatic rings. The van der Waals surface area contributed by atoms with Gasteiger partial charge in [0.1, 0.15) is 5.78 Å². The van der Waals surface area contributed by atoms with Crippen LogP contribution in [0.4, 0.5) is 0 Å². The Balaban J connectivity index is 0.000000165. The van der Waals surface area contributed by atoms with Gasteiger partial charge in [-0.3, -0.25) is 14.4 Å². The van der Waals surface area contributed by atoms with Crippen LogP contribution in [-0.2, 0) is 14.4 Å². The molecule has 8 fully saturated rings. The molecule has 344 valence electrons. The van der Waals surface area contributed by atoms with Gasteiger partial charge in [0.15, 0.2) is 0 Å². The fraction of sp³-hybridized carbons (Fsp3) is 0.882. The Morgan fingerprint density at radius 1 is 0.672 bits per heavy atom. The molecular formula is C51H82N2O8. The average molecular weight is 851 g/mol. The molecule has 0 amide bonds. The van der Waals surface area contributed by atoms with Gasteiger partial charge in [-0.25, -0.2) is 4.98 Å². The SMILES string of the molecule is C[C@H](CCC(=O)O)[C@H]1CC[C@H]2[C@@H]3C(=O)C[C@@H]4C[C@H](O)CC[C@]4(C)[C@H]3CC[C@]12C.C[C@H](CCC(=O)O)[C@H]1CC[C@H]2[C@@H]3[C@@H](O)C[C@@H]4C[C@H](O)CC[C@]4(C)[C@H]3CC[C@]12C.c1c[nH]cn1. The van der Waals surface area contributed by atoms with Crippen LogP contribution in [0.25, 0.3) is 0 Å². The minimum absolute atomic E-state index is 0.179. The molecule has 10 heteroatoms. The predicted octanol–water partition coefficient (Wildman–Crippen LogP) is 9.57. The average Bonchev–Trinajstić information content (AvgIpc) is 3.98. The highest BCUT2D eigenvalue weighted by Crippen LogP contribution is 2.70. The first-order chi connectivity index (χ1) is 28.8. The fourth-order valence-corrected chi connectivity index (χ4v) is 17.4. The number of hydrogen-bond donors (Lipinski definition) is 6. The summed E-state index contributed by atoms with van der Waals surface area (Å²) in [6.07, 6.45) is 23.1. The van der Waals surface area contributed by atoms with E-state index < -0.39 is 11.9 Å². The van der Waals surface area contributed by atoms with Gasteiger partial charge in [-0.2, -0.15) is 0 Å². The van der Waals surface area contributed by atoms with Crippen molar-refractivity contribution < 1.29 is 39.9 Å². The largest absolute Gasteiger partial charge is 0.481 e. The molecule has 6 N–H and O–H groups in total. The number of hydrogen-bond acceptors (Lipinski definition) is 7. The van der Waals surface area contributed by atoms with Crippen molar-refractivity contribution in [3.8, 4) is 0 Å². The summed E-state index contributed by atoms with van der Waals surface area (Å²) < 4.78 is 0. The maximum absolute atomic E-state index is 13.3. The highest BCUT2D eigenvalue weighted by Gasteiger charge is 2.64. The molecule has 1 heterocycles. The van der Waals surface area contributed by atoms with Crippen LogP contribution in [0.3, 0.4) is 0 Å². The van der Waals surface area contributed by atoms with Gasteiger partial charge >= 0.3 is 11.9 Å². The van der Waals surface area contributed by atoms with Gasteiger partial charge in [0.25, 0.3) is 0 Å². The number of nitrogens with one attached hydrogen (secondary N) is 1. The first-order valence-electron chi connectivity index (χ1n) is 24.8. The molecule has 19 atom stereocenters. The van der Waals surface area contributed by atoms with E-state index in [0.717, 1.165) is 77.0 Å². The number of fused-ring (bicyclic) bond motifs is 10. The number of imidazole rings is 1. The van der Waals surface area contributed by atoms with Crippen LogP contribution in [-0.4, -0.2) is 71.5 Å². The number of aliphatic hydroxyl groups is 3. The Morgan fingerprint density at radius 3 is 1.67 bits per heavy atom. The third-order valence-electron chi connectivity index (χ3n) is 20.7. The molecule has 1 aromatic heterocycles. The number of aliphatic carboxylic acids is 2. The summed E-state index contributed by atoms with van der Waals surface area (Å²) >= 11 is 0. The van der Waals surface area contributed by atoms with Gasteiger partial charge in [0, 0.05) is 37.6 Å². The molecule has 0 unspecified atom stereocenters. The van der Waals surface area contributed by atoms with Crippen molar-refractivity contribution in [1.29, 1.82) is 0 Å². The number of nitrogens with zero attached hydrogens (tertiary/aromatic N) is 1. The number of aromatic amines is 1. The first kappa shape index (κ1) is 46.7. The lowest BCUT2D eigenvalue weighted by molar-refractivity contribution is -0.174. The second kappa shape index (κ2) is 18.3. The van der Waals surface area contributed by atoms with Crippen molar-refractivity contribution in [2.24, 2.45) is 92.7 Å². The summed E-state index contributed by atoms with van der Waals surface area (Å²) in [5, 5.41) is 49.8. The van der Waals surface area contributed by atoms with Crippen molar-refractivity contribution in [2.45, 2.75) is 188 Å². The zero-order valence-electron chi connectivity index (χ0n) is 38.4. The van der Waals surface area contributed by atoms with Crippen molar-refractivity contribution in [2.75, 3.05) is 0 Å². The molecule has 8 aliphatic carbocycles. The molecular weight excluding hydrogens is 769 g/mol. The third kappa shape index (κ3) is 8.79. The van der Waals surface area contributed by atoms with E-state index in [1.807, 2.05) is 0 Å². The highest BCUT2D eigenvalue weighted by atomic mass is 16.4. The zero-order valence-corrected chi connectivity index (χ0v) is 38.4. The van der Waals surface area contributed by atoms with Crippen molar-refractivity contribution in [3.05, 3.63) is 18.7 Å². The van der Waals surface area contributed by atoms with E-state index in [1.54, 1.807) is 18.7 Å². The molecule has 0 aromatic carbocycles. The van der Waals surface area contributed by atoms with Crippen LogP contribution >= 0.6 is 0 Å². The minimum Gasteiger partial charge on any atom is -0.481 e. The number of aromatic nitrogens is 2. The Labute approximate surface area is 366 Å². The van der Waals surface area contributed by atoms with Crippen LogP contribution < -0.4 is 0 Å². The Kier molecular flexibility index (Phi) is 14.0. The molecule has 0 radical (unpaired) electrons. The fourth-order valence-electron chi connectivity index (χ4n) is 17.4. The number of ketones is 1. The van der Waals surface area contributed by atoms with Crippen LogP contribution in [0, 0.1) is 92.7 Å². The van der Waals surface area contributed by atoms with E-state index in [0.29, 0.717) is 77.3 Å². The summed E-state index contributed by atoms with van der Waals surface area (Å²) in [6, 6.07) is 0. The maximum Gasteiger partial charge on any atom is 0.303 e. The van der Waals surface area contributed by atoms with E-state index in [2.05, 4.69) is 51.5 Å². The number of rotatable bonds is 8. The van der Waals surface area contributed by atoms with Gasteiger partial charge in [-0.05, 0) is 196 Å². The Bertz CT molecular complexity index is 1650. The van der Waals surface area contributed by atoms with Crippen LogP contribution in [0.2, 0.25) is 0 Å². The van der Waals surface area contributed by atoms with Gasteiger partial charge in [-0.1, -0.05) is 41.5 Å². The first-order valence-corrected chi connectivity index (χ1v) is 24.8. The van der Waals surface area contributed by atoms with Crippen molar-refractivity contribution >= 4 is 17.7 Å². The summed E-state index contributed by atoms with van der Waals surface area (Å²) in [4.78, 5) is 41.9. The number of H-pyrrole nitrogens is 1. The van der Waals surface area contributed by atoms with E-state index in [-0.39, 0.29) is 58.7 Å². The molecule has 61 heavy (non-hydrogen) atoms. The van der Waals surface area contributed by atoms with Crippen LogP contribution in [0.1, 0.15) is 170 Å². The van der Waals surface area contributed by atoms with Gasteiger partial charge < -0.3 is 30.5 Å². The molecule has 0 saturated heterocycles. The molecule has 9 rings (SSSR count). The molecule has 0 spiro atoms. The summed E-state index contributed by atoms with van der Waals surface area (Å²) in [5.74, 6) is 4.60. The van der Waals surface area contributed by atoms with Crippen LogP contribution in [0.15, 0.2) is 18.7 Å². The standard InChI is InChI=1S/C24H40O4.C24H38O4.C3H4N2/c2*1-14(4-7-21(27)28)17-5-6-18-22-19(9-11-24(17,18)3)23(2)10-8-16(25)12-15(23)13-20(22)26;1-2-5-3-4-1/h14-20,22,25-26H,4-13H2,1-3H3,(H,27,28);14-19,22,25H,4-13H2,1-3H3,(H,27,28);1-3H,(H,4,5)/t14-,15+,16-,17-,18+,19+,20+,22+,23+,24-;14-,15+,16-,17-,18+,19+,22+,23+,24-;/m11./s1. The lowest BCUT2D eigenvalue weighted by Gasteiger charge is -2.62. The number of carboxylic acid groups (broad SMARTS) is 2. The highest BCUT2D eigenvalue weighted by molar-refractivity contribution is 5.83. The van der Waals surface area contributed by atoms with Gasteiger partial charge in [-0.15, -0.1) is 0 Å². The third-order valence-corrected chi connectivity index (χ3v) is 20.7.